The Morgan fingerprint density at radius 1 is 1.41 bits per heavy atom. The van der Waals surface area contributed by atoms with Crippen molar-refractivity contribution in [3.63, 3.8) is 0 Å². The number of nitrogens with zero attached hydrogens (tertiary/aromatic N) is 2. The van der Waals surface area contributed by atoms with E-state index in [1.165, 1.54) is 23.4 Å². The Labute approximate surface area is 105 Å². The predicted molar refractivity (Wildman–Crippen MR) is 71.4 cm³/mol. The number of aryl methyl sites for hydroxylation is 1. The van der Waals surface area contributed by atoms with Crippen LogP contribution in [0.3, 0.4) is 0 Å². The normalized spacial score (nSPS) is 17.5. The van der Waals surface area contributed by atoms with Crippen molar-refractivity contribution in [3.05, 3.63) is 29.3 Å². The number of hydrogen-bond donors (Lipinski definition) is 1. The predicted octanol–water partition coefficient (Wildman–Crippen LogP) is 2.62. The summed E-state index contributed by atoms with van der Waals surface area (Å²) in [7, 11) is 2.06. The average Bonchev–Trinajstić information content (AvgIpc) is 2.99. The number of hydrogen-bond acceptors (Lipinski definition) is 3. The van der Waals surface area contributed by atoms with E-state index in [9.17, 15) is 0 Å². The highest BCUT2D eigenvalue weighted by atomic mass is 32.1. The van der Waals surface area contributed by atoms with Crippen LogP contribution in [0.15, 0.2) is 23.6 Å². The van der Waals surface area contributed by atoms with E-state index in [-0.39, 0.29) is 0 Å². The maximum absolute atomic E-state index is 4.63. The van der Waals surface area contributed by atoms with Crippen LogP contribution in [0, 0.1) is 0 Å². The third kappa shape index (κ3) is 2.15. The summed E-state index contributed by atoms with van der Waals surface area (Å²) in [5.74, 6) is 0.669. The highest BCUT2D eigenvalue weighted by Crippen LogP contribution is 2.30. The van der Waals surface area contributed by atoms with Crippen molar-refractivity contribution < 1.29 is 0 Å². The fourth-order valence-electron chi connectivity index (χ4n) is 2.53. The van der Waals surface area contributed by atoms with Crippen LogP contribution in [-0.4, -0.2) is 22.9 Å². The first-order valence-corrected chi connectivity index (χ1v) is 7.01. The zero-order valence-corrected chi connectivity index (χ0v) is 10.8. The van der Waals surface area contributed by atoms with Gasteiger partial charge in [0.1, 0.15) is 5.69 Å². The van der Waals surface area contributed by atoms with E-state index in [2.05, 4.69) is 45.7 Å². The zero-order chi connectivity index (χ0) is 11.7. The van der Waals surface area contributed by atoms with Gasteiger partial charge in [0.2, 0.25) is 0 Å². The number of aromatic nitrogens is 2. The number of rotatable bonds is 2. The van der Waals surface area contributed by atoms with Gasteiger partial charge >= 0.3 is 0 Å². The van der Waals surface area contributed by atoms with Gasteiger partial charge in [-0.05, 0) is 43.4 Å². The van der Waals surface area contributed by atoms with Gasteiger partial charge < -0.3 is 5.32 Å². The molecular formula is C13H17N3S. The number of piperidine rings is 1. The van der Waals surface area contributed by atoms with Crippen molar-refractivity contribution in [2.24, 2.45) is 7.05 Å². The Morgan fingerprint density at radius 2 is 2.24 bits per heavy atom. The molecule has 0 unspecified atom stereocenters. The minimum absolute atomic E-state index is 0.669. The number of thiophene rings is 1. The molecule has 0 saturated carbocycles. The molecule has 1 aliphatic rings. The van der Waals surface area contributed by atoms with E-state index >= 15 is 0 Å². The van der Waals surface area contributed by atoms with Crippen molar-refractivity contribution in [2.45, 2.75) is 18.8 Å². The van der Waals surface area contributed by atoms with Gasteiger partial charge in [-0.3, -0.25) is 4.68 Å². The SMILES string of the molecule is Cn1nc(-c2cccs2)cc1C1CCNCC1. The molecule has 4 heteroatoms. The average molecular weight is 247 g/mol. The molecule has 1 fully saturated rings. The van der Waals surface area contributed by atoms with Crippen LogP contribution in [0.2, 0.25) is 0 Å². The van der Waals surface area contributed by atoms with E-state index < -0.39 is 0 Å². The van der Waals surface area contributed by atoms with Crippen LogP contribution in [0.5, 0.6) is 0 Å². The second-order valence-corrected chi connectivity index (χ2v) is 5.53. The van der Waals surface area contributed by atoms with E-state index in [1.54, 1.807) is 11.3 Å². The van der Waals surface area contributed by atoms with Gasteiger partial charge in [-0.15, -0.1) is 11.3 Å². The lowest BCUT2D eigenvalue weighted by Gasteiger charge is -2.22. The fraction of sp³-hybridized carbons (Fsp3) is 0.462. The van der Waals surface area contributed by atoms with Gasteiger partial charge in [-0.2, -0.15) is 5.10 Å². The second kappa shape index (κ2) is 4.63. The molecule has 2 aromatic rings. The largest absolute Gasteiger partial charge is 0.317 e. The molecular weight excluding hydrogens is 230 g/mol. The lowest BCUT2D eigenvalue weighted by atomic mass is 9.94. The molecule has 2 aromatic heterocycles. The smallest absolute Gasteiger partial charge is 0.103 e. The molecule has 90 valence electrons. The summed E-state index contributed by atoms with van der Waals surface area (Å²) in [6, 6.07) is 6.49. The molecule has 0 aliphatic carbocycles. The van der Waals surface area contributed by atoms with Gasteiger partial charge in [-0.25, -0.2) is 0 Å². The summed E-state index contributed by atoms with van der Waals surface area (Å²) in [4.78, 5) is 1.26. The van der Waals surface area contributed by atoms with E-state index in [4.69, 9.17) is 0 Å². The summed E-state index contributed by atoms with van der Waals surface area (Å²) in [5.41, 5.74) is 2.51. The third-order valence-corrected chi connectivity index (χ3v) is 4.34. The summed E-state index contributed by atoms with van der Waals surface area (Å²) in [5, 5.41) is 10.2. The van der Waals surface area contributed by atoms with Crippen LogP contribution in [0.1, 0.15) is 24.5 Å². The van der Waals surface area contributed by atoms with Gasteiger partial charge in [-0.1, -0.05) is 6.07 Å². The molecule has 0 spiro atoms. The molecule has 1 saturated heterocycles. The minimum Gasteiger partial charge on any atom is -0.317 e. The standard InChI is InChI=1S/C13H17N3S/c1-16-12(10-4-6-14-7-5-10)9-11(15-16)13-3-2-8-17-13/h2-3,8-10,14H,4-7H2,1H3. The Balaban J connectivity index is 1.90. The van der Waals surface area contributed by atoms with Crippen molar-refractivity contribution in [1.29, 1.82) is 0 Å². The van der Waals surface area contributed by atoms with E-state index in [1.807, 2.05) is 0 Å². The molecule has 17 heavy (non-hydrogen) atoms. The molecule has 1 N–H and O–H groups in total. The summed E-state index contributed by atoms with van der Waals surface area (Å²) < 4.78 is 2.06. The molecule has 0 aromatic carbocycles. The summed E-state index contributed by atoms with van der Waals surface area (Å²) >= 11 is 1.76. The molecule has 3 nitrogen and oxygen atoms in total. The fourth-order valence-corrected chi connectivity index (χ4v) is 3.21. The maximum atomic E-state index is 4.63. The number of nitrogens with one attached hydrogen (secondary N) is 1. The van der Waals surface area contributed by atoms with Gasteiger partial charge in [0.15, 0.2) is 0 Å². The first kappa shape index (κ1) is 11.0. The monoisotopic (exact) mass is 247 g/mol. The second-order valence-electron chi connectivity index (χ2n) is 4.58. The molecule has 0 bridgehead atoms. The first-order chi connectivity index (χ1) is 8.34. The topological polar surface area (TPSA) is 29.9 Å². The quantitative estimate of drug-likeness (QED) is 0.884. The van der Waals surface area contributed by atoms with Gasteiger partial charge in [0, 0.05) is 18.7 Å². The molecule has 3 heterocycles. The maximum Gasteiger partial charge on any atom is 0.103 e. The van der Waals surface area contributed by atoms with Crippen LogP contribution >= 0.6 is 11.3 Å². The van der Waals surface area contributed by atoms with Crippen molar-refractivity contribution in [2.75, 3.05) is 13.1 Å². The Kier molecular flexibility index (Phi) is 2.99. The van der Waals surface area contributed by atoms with Crippen molar-refractivity contribution in [1.82, 2.24) is 15.1 Å². The first-order valence-electron chi connectivity index (χ1n) is 6.13. The molecule has 3 rings (SSSR count). The highest BCUT2D eigenvalue weighted by Gasteiger charge is 2.19. The Bertz CT molecular complexity index is 481. The van der Waals surface area contributed by atoms with Crippen LogP contribution < -0.4 is 5.32 Å². The van der Waals surface area contributed by atoms with Crippen LogP contribution in [-0.2, 0) is 7.05 Å². The van der Waals surface area contributed by atoms with Gasteiger partial charge in [0.25, 0.3) is 0 Å². The Morgan fingerprint density at radius 3 is 2.94 bits per heavy atom. The molecule has 0 atom stereocenters. The van der Waals surface area contributed by atoms with Crippen LogP contribution in [0.4, 0.5) is 0 Å². The zero-order valence-electron chi connectivity index (χ0n) is 10.0. The van der Waals surface area contributed by atoms with E-state index in [0.717, 1.165) is 18.8 Å². The Hall–Kier alpha value is -1.13. The third-order valence-electron chi connectivity index (χ3n) is 3.45. The lowest BCUT2D eigenvalue weighted by Crippen LogP contribution is -2.27. The van der Waals surface area contributed by atoms with Gasteiger partial charge in [0.05, 0.1) is 4.88 Å². The van der Waals surface area contributed by atoms with Crippen LogP contribution in [0.25, 0.3) is 10.6 Å². The van der Waals surface area contributed by atoms with Crippen molar-refractivity contribution in [3.8, 4) is 10.6 Å². The lowest BCUT2D eigenvalue weighted by molar-refractivity contribution is 0.440. The minimum atomic E-state index is 0.669. The summed E-state index contributed by atoms with van der Waals surface area (Å²) in [6.07, 6.45) is 2.45. The molecule has 0 amide bonds. The highest BCUT2D eigenvalue weighted by molar-refractivity contribution is 7.13. The summed E-state index contributed by atoms with van der Waals surface area (Å²) in [6.45, 7) is 2.26. The molecule has 0 radical (unpaired) electrons. The molecule has 1 aliphatic heterocycles. The van der Waals surface area contributed by atoms with Crippen molar-refractivity contribution >= 4 is 11.3 Å². The van der Waals surface area contributed by atoms with E-state index in [0.29, 0.717) is 5.92 Å².